The summed E-state index contributed by atoms with van der Waals surface area (Å²) in [5, 5.41) is 10.1. The van der Waals surface area contributed by atoms with Crippen LogP contribution in [0.1, 0.15) is 5.56 Å². The molecule has 3 aromatic rings. The van der Waals surface area contributed by atoms with Gasteiger partial charge in [-0.15, -0.1) is 0 Å². The predicted molar refractivity (Wildman–Crippen MR) is 79.5 cm³/mol. The first-order valence-electron chi connectivity index (χ1n) is 6.41. The summed E-state index contributed by atoms with van der Waals surface area (Å²) in [6, 6.07) is 16.9. The molecule has 0 spiro atoms. The van der Waals surface area contributed by atoms with Crippen molar-refractivity contribution >= 4 is 10.9 Å². The smallest absolute Gasteiger partial charge is 0.148 e. The second-order valence-electron chi connectivity index (χ2n) is 4.44. The Morgan fingerprint density at radius 2 is 1.90 bits per heavy atom. The molecule has 1 heterocycles. The Labute approximate surface area is 122 Å². The molecule has 0 aliphatic heterocycles. The number of nitrogens with zero attached hydrogens (tertiary/aromatic N) is 2. The van der Waals surface area contributed by atoms with Crippen molar-refractivity contribution in [2.24, 2.45) is 0 Å². The fourth-order valence-corrected chi connectivity index (χ4v) is 2.04. The number of hydrogen-bond acceptors (Lipinski definition) is 4. The summed E-state index contributed by atoms with van der Waals surface area (Å²) in [6.45, 7) is 0. The van der Waals surface area contributed by atoms with Gasteiger partial charge in [-0.2, -0.15) is 5.26 Å². The summed E-state index contributed by atoms with van der Waals surface area (Å²) in [6.07, 6.45) is 1.64. The van der Waals surface area contributed by atoms with Crippen molar-refractivity contribution in [1.82, 2.24) is 4.98 Å². The van der Waals surface area contributed by atoms with E-state index in [-0.39, 0.29) is 0 Å². The number of nitriles is 1. The van der Waals surface area contributed by atoms with Crippen LogP contribution in [0.15, 0.2) is 54.7 Å². The second kappa shape index (κ2) is 5.51. The highest BCUT2D eigenvalue weighted by Crippen LogP contribution is 2.29. The number of ether oxygens (including phenoxy) is 2. The van der Waals surface area contributed by atoms with Crippen LogP contribution in [0.4, 0.5) is 0 Å². The van der Waals surface area contributed by atoms with Crippen molar-refractivity contribution in [3.8, 4) is 23.3 Å². The minimum Gasteiger partial charge on any atom is -0.497 e. The molecule has 0 bridgehead atoms. The van der Waals surface area contributed by atoms with E-state index in [9.17, 15) is 0 Å². The minimum atomic E-state index is 0.448. The molecule has 0 fully saturated rings. The highest BCUT2D eigenvalue weighted by atomic mass is 16.5. The van der Waals surface area contributed by atoms with E-state index in [4.69, 9.17) is 14.7 Å². The van der Waals surface area contributed by atoms with Crippen LogP contribution in [0.5, 0.6) is 17.2 Å². The third-order valence-electron chi connectivity index (χ3n) is 3.10. The van der Waals surface area contributed by atoms with Crippen molar-refractivity contribution in [1.29, 1.82) is 5.26 Å². The average molecular weight is 276 g/mol. The van der Waals surface area contributed by atoms with Gasteiger partial charge in [0.05, 0.1) is 24.4 Å². The molecular weight excluding hydrogens is 264 g/mol. The molecule has 21 heavy (non-hydrogen) atoms. The predicted octanol–water partition coefficient (Wildman–Crippen LogP) is 3.91. The number of pyridine rings is 1. The van der Waals surface area contributed by atoms with E-state index in [0.717, 1.165) is 10.9 Å². The molecule has 0 aliphatic carbocycles. The number of aromatic nitrogens is 1. The standard InChI is InChI=1S/C17H12N2O2/c1-20-14-7-6-13(10-18)17(9-14)21-15-8-12-4-2-3-5-16(12)19-11-15/h2-9,11H,1H3. The molecule has 1 aromatic heterocycles. The molecule has 0 aliphatic rings. The molecule has 0 atom stereocenters. The Morgan fingerprint density at radius 3 is 2.71 bits per heavy atom. The zero-order valence-corrected chi connectivity index (χ0v) is 11.4. The fraction of sp³-hybridized carbons (Fsp3) is 0.0588. The molecule has 3 rings (SSSR count). The molecule has 0 saturated heterocycles. The summed E-state index contributed by atoms with van der Waals surface area (Å²) >= 11 is 0. The van der Waals surface area contributed by atoms with Gasteiger partial charge in [0.2, 0.25) is 0 Å². The monoisotopic (exact) mass is 276 g/mol. The summed E-state index contributed by atoms with van der Waals surface area (Å²) in [5.41, 5.74) is 1.35. The lowest BCUT2D eigenvalue weighted by Gasteiger charge is -2.09. The van der Waals surface area contributed by atoms with Crippen molar-refractivity contribution in [2.75, 3.05) is 7.11 Å². The van der Waals surface area contributed by atoms with Gasteiger partial charge in [0, 0.05) is 11.5 Å². The number of fused-ring (bicyclic) bond motifs is 1. The Balaban J connectivity index is 2.00. The molecular formula is C17H12N2O2. The first kappa shape index (κ1) is 12.9. The number of hydrogen-bond donors (Lipinski definition) is 0. The van der Waals surface area contributed by atoms with Crippen LogP contribution in [0.25, 0.3) is 10.9 Å². The molecule has 4 nitrogen and oxygen atoms in total. The Morgan fingerprint density at radius 1 is 1.05 bits per heavy atom. The van der Waals surface area contributed by atoms with Crippen LogP contribution >= 0.6 is 0 Å². The largest absolute Gasteiger partial charge is 0.497 e. The minimum absolute atomic E-state index is 0.448. The molecule has 0 N–H and O–H groups in total. The quantitative estimate of drug-likeness (QED) is 0.727. The number of rotatable bonds is 3. The van der Waals surface area contributed by atoms with Gasteiger partial charge in [-0.25, -0.2) is 0 Å². The van der Waals surface area contributed by atoms with Crippen molar-refractivity contribution in [2.45, 2.75) is 0 Å². The van der Waals surface area contributed by atoms with E-state index >= 15 is 0 Å². The maximum atomic E-state index is 9.15. The van der Waals surface area contributed by atoms with Gasteiger partial charge in [0.15, 0.2) is 0 Å². The molecule has 0 radical (unpaired) electrons. The molecule has 4 heteroatoms. The Hall–Kier alpha value is -3.06. The normalized spacial score (nSPS) is 10.1. The lowest BCUT2D eigenvalue weighted by atomic mass is 10.2. The van der Waals surface area contributed by atoms with E-state index in [1.54, 1.807) is 31.5 Å². The Bertz CT molecular complexity index is 838. The Kier molecular flexibility index (Phi) is 3.40. The SMILES string of the molecule is COc1ccc(C#N)c(Oc2cnc3ccccc3c2)c1. The van der Waals surface area contributed by atoms with E-state index < -0.39 is 0 Å². The maximum absolute atomic E-state index is 9.15. The third-order valence-corrected chi connectivity index (χ3v) is 3.10. The van der Waals surface area contributed by atoms with E-state index in [1.165, 1.54) is 0 Å². The molecule has 0 amide bonds. The molecule has 102 valence electrons. The van der Waals surface area contributed by atoms with Gasteiger partial charge in [-0.05, 0) is 24.3 Å². The van der Waals surface area contributed by atoms with Crippen LogP contribution in [-0.2, 0) is 0 Å². The summed E-state index contributed by atoms with van der Waals surface area (Å²) in [7, 11) is 1.57. The van der Waals surface area contributed by atoms with Gasteiger partial charge < -0.3 is 9.47 Å². The van der Waals surface area contributed by atoms with E-state index in [1.807, 2.05) is 30.3 Å². The van der Waals surface area contributed by atoms with Crippen LogP contribution in [-0.4, -0.2) is 12.1 Å². The van der Waals surface area contributed by atoms with Crippen LogP contribution in [0.3, 0.4) is 0 Å². The van der Waals surface area contributed by atoms with Crippen molar-refractivity contribution < 1.29 is 9.47 Å². The lowest BCUT2D eigenvalue weighted by Crippen LogP contribution is -1.91. The molecule has 2 aromatic carbocycles. The summed E-state index contributed by atoms with van der Waals surface area (Å²) in [4.78, 5) is 4.34. The van der Waals surface area contributed by atoms with Gasteiger partial charge >= 0.3 is 0 Å². The maximum Gasteiger partial charge on any atom is 0.148 e. The zero-order chi connectivity index (χ0) is 14.7. The van der Waals surface area contributed by atoms with Gasteiger partial charge in [-0.3, -0.25) is 4.98 Å². The van der Waals surface area contributed by atoms with E-state index in [2.05, 4.69) is 11.1 Å². The van der Waals surface area contributed by atoms with Crippen molar-refractivity contribution in [3.05, 3.63) is 60.3 Å². The topological polar surface area (TPSA) is 55.1 Å². The molecule has 0 saturated carbocycles. The fourth-order valence-electron chi connectivity index (χ4n) is 2.04. The first-order valence-corrected chi connectivity index (χ1v) is 6.41. The van der Waals surface area contributed by atoms with Crippen LogP contribution < -0.4 is 9.47 Å². The molecule has 0 unspecified atom stereocenters. The highest BCUT2D eigenvalue weighted by Gasteiger charge is 2.07. The van der Waals surface area contributed by atoms with Crippen LogP contribution in [0, 0.1) is 11.3 Å². The van der Waals surface area contributed by atoms with Crippen molar-refractivity contribution in [3.63, 3.8) is 0 Å². The van der Waals surface area contributed by atoms with E-state index in [0.29, 0.717) is 22.8 Å². The number of methoxy groups -OCH3 is 1. The van der Waals surface area contributed by atoms with Crippen LogP contribution in [0.2, 0.25) is 0 Å². The lowest BCUT2D eigenvalue weighted by molar-refractivity contribution is 0.408. The number of para-hydroxylation sites is 1. The van der Waals surface area contributed by atoms with Gasteiger partial charge in [0.1, 0.15) is 23.3 Å². The van der Waals surface area contributed by atoms with Gasteiger partial charge in [0.25, 0.3) is 0 Å². The average Bonchev–Trinajstić information content (AvgIpc) is 2.54. The number of benzene rings is 2. The van der Waals surface area contributed by atoms with Gasteiger partial charge in [-0.1, -0.05) is 18.2 Å². The second-order valence-corrected chi connectivity index (χ2v) is 4.44. The third kappa shape index (κ3) is 2.63. The first-order chi connectivity index (χ1) is 10.3. The summed E-state index contributed by atoms with van der Waals surface area (Å²) in [5.74, 6) is 1.67. The summed E-state index contributed by atoms with van der Waals surface area (Å²) < 4.78 is 10.9. The highest BCUT2D eigenvalue weighted by molar-refractivity contribution is 5.79. The zero-order valence-electron chi connectivity index (χ0n) is 11.4.